The van der Waals surface area contributed by atoms with E-state index in [0.29, 0.717) is 37.1 Å². The van der Waals surface area contributed by atoms with Crippen LogP contribution in [0.1, 0.15) is 83.5 Å². The highest BCUT2D eigenvalue weighted by Gasteiger charge is 2.47. The quantitative estimate of drug-likeness (QED) is 0.109. The summed E-state index contributed by atoms with van der Waals surface area (Å²) in [5.41, 5.74) is 3.85. The lowest BCUT2D eigenvalue weighted by Crippen LogP contribution is -2.40. The average molecular weight is 701 g/mol. The molecule has 260 valence electrons. The van der Waals surface area contributed by atoms with Gasteiger partial charge in [0, 0.05) is 56.7 Å². The number of hydrogen-bond acceptors (Lipinski definition) is 5. The van der Waals surface area contributed by atoms with Crippen LogP contribution in [0.15, 0.2) is 77.7 Å². The Morgan fingerprint density at radius 1 is 0.980 bits per heavy atom. The van der Waals surface area contributed by atoms with Gasteiger partial charge in [-0.2, -0.15) is 0 Å². The Hall–Kier alpha value is -3.42. The van der Waals surface area contributed by atoms with Gasteiger partial charge >= 0.3 is 5.97 Å². The number of amides is 1. The lowest BCUT2D eigenvalue weighted by Gasteiger charge is -2.26. The van der Waals surface area contributed by atoms with Crippen molar-refractivity contribution in [2.24, 2.45) is 11.3 Å². The van der Waals surface area contributed by atoms with Crippen molar-refractivity contribution >= 4 is 46.1 Å². The van der Waals surface area contributed by atoms with E-state index in [-0.39, 0.29) is 28.6 Å². The molecule has 2 aliphatic rings. The van der Waals surface area contributed by atoms with Crippen LogP contribution in [0, 0.1) is 11.3 Å². The number of thioether (sulfide) groups is 1. The number of carbonyl (C=O) groups is 2. The lowest BCUT2D eigenvalue weighted by atomic mass is 9.87. The molecule has 1 aliphatic carbocycles. The maximum Gasteiger partial charge on any atom is 0.311 e. The van der Waals surface area contributed by atoms with Crippen molar-refractivity contribution < 1.29 is 19.1 Å². The molecule has 0 radical (unpaired) electrons. The third kappa shape index (κ3) is 8.15. The molecule has 1 saturated heterocycles. The Morgan fingerprint density at radius 3 is 2.41 bits per heavy atom. The van der Waals surface area contributed by atoms with Gasteiger partial charge in [0.1, 0.15) is 12.4 Å². The fourth-order valence-corrected chi connectivity index (χ4v) is 8.36. The predicted molar refractivity (Wildman–Crippen MR) is 200 cm³/mol. The molecule has 3 atom stereocenters. The summed E-state index contributed by atoms with van der Waals surface area (Å²) in [6.45, 7) is 14.7. The molecule has 0 N–H and O–H groups in total. The van der Waals surface area contributed by atoms with Gasteiger partial charge in [-0.1, -0.05) is 74.8 Å². The van der Waals surface area contributed by atoms with Gasteiger partial charge in [0.05, 0.1) is 18.1 Å². The van der Waals surface area contributed by atoms with Crippen LogP contribution in [0.4, 0.5) is 0 Å². The van der Waals surface area contributed by atoms with E-state index in [1.165, 1.54) is 5.56 Å². The smallest absolute Gasteiger partial charge is 0.311 e. The summed E-state index contributed by atoms with van der Waals surface area (Å²) in [7, 11) is 0. The van der Waals surface area contributed by atoms with Crippen molar-refractivity contribution in [2.45, 2.75) is 95.4 Å². The van der Waals surface area contributed by atoms with E-state index >= 15 is 0 Å². The summed E-state index contributed by atoms with van der Waals surface area (Å²) in [4.78, 5) is 30.0. The van der Waals surface area contributed by atoms with Crippen molar-refractivity contribution in [1.82, 2.24) is 9.47 Å². The minimum atomic E-state index is -0.728. The van der Waals surface area contributed by atoms with E-state index < -0.39 is 5.41 Å². The summed E-state index contributed by atoms with van der Waals surface area (Å²) < 4.78 is 14.3. The highest BCUT2D eigenvalue weighted by atomic mass is 35.5. The third-order valence-electron chi connectivity index (χ3n) is 9.63. The molecule has 1 aliphatic heterocycles. The maximum atomic E-state index is 13.6. The predicted octanol–water partition coefficient (Wildman–Crippen LogP) is 9.54. The number of benzene rings is 3. The number of fused-ring (bicyclic) bond motifs is 1. The first-order valence-corrected chi connectivity index (χ1v) is 18.8. The van der Waals surface area contributed by atoms with Gasteiger partial charge in [0.2, 0.25) is 5.91 Å². The van der Waals surface area contributed by atoms with Crippen LogP contribution in [0.2, 0.25) is 5.02 Å². The molecule has 49 heavy (non-hydrogen) atoms. The Balaban J connectivity index is 1.29. The first-order valence-electron chi connectivity index (χ1n) is 17.6. The first kappa shape index (κ1) is 35.4. The van der Waals surface area contributed by atoms with Crippen LogP contribution in [0.3, 0.4) is 0 Å². The molecular formula is C41H49ClN2O4S. The maximum absolute atomic E-state index is 13.6. The number of carbonyl (C=O) groups excluding carboxylic acids is 2. The van der Waals surface area contributed by atoms with E-state index in [2.05, 4.69) is 78.8 Å². The Morgan fingerprint density at radius 2 is 1.71 bits per heavy atom. The number of nitrogens with zero attached hydrogens (tertiary/aromatic N) is 2. The zero-order valence-electron chi connectivity index (χ0n) is 29.6. The molecular weight excluding hydrogens is 652 g/mol. The van der Waals surface area contributed by atoms with Crippen LogP contribution >= 0.6 is 23.4 Å². The largest absolute Gasteiger partial charge is 0.491 e. The molecule has 0 spiro atoms. The summed E-state index contributed by atoms with van der Waals surface area (Å²) >= 11 is 8.06. The van der Waals surface area contributed by atoms with Gasteiger partial charge in [0.15, 0.2) is 0 Å². The fourth-order valence-electron chi connectivity index (χ4n) is 7.05. The number of aromatic nitrogens is 1. The molecule has 8 heteroatoms. The third-order valence-corrected chi connectivity index (χ3v) is 11.2. The number of likely N-dealkylation sites (tertiary alicyclic amines) is 1. The highest BCUT2D eigenvalue weighted by Crippen LogP contribution is 2.49. The molecule has 2 heterocycles. The van der Waals surface area contributed by atoms with E-state index in [1.807, 2.05) is 56.8 Å². The molecule has 3 aromatic carbocycles. The molecule has 2 fully saturated rings. The van der Waals surface area contributed by atoms with Gasteiger partial charge in [-0.3, -0.25) is 9.59 Å². The Bertz CT molecular complexity index is 1790. The van der Waals surface area contributed by atoms with Crippen LogP contribution in [0.5, 0.6) is 5.75 Å². The summed E-state index contributed by atoms with van der Waals surface area (Å²) in [5, 5.41) is 1.80. The molecule has 6 nitrogen and oxygen atoms in total. The fraction of sp³-hybridized carbons (Fsp3) is 0.463. The average Bonchev–Trinajstić information content (AvgIpc) is 3.66. The number of ether oxygens (including phenoxy) is 2. The number of hydrogen-bond donors (Lipinski definition) is 0. The normalized spacial score (nSPS) is 19.3. The Kier molecular flexibility index (Phi) is 10.4. The van der Waals surface area contributed by atoms with Crippen molar-refractivity contribution in [3.63, 3.8) is 0 Å². The number of rotatable bonds is 12. The molecule has 6 rings (SSSR count). The second-order valence-corrected chi connectivity index (χ2v) is 17.4. The van der Waals surface area contributed by atoms with Crippen molar-refractivity contribution in [3.05, 3.63) is 94.6 Å². The summed E-state index contributed by atoms with van der Waals surface area (Å²) in [6.07, 6.45) is 3.40. The molecule has 0 bridgehead atoms. The molecule has 1 aromatic heterocycles. The van der Waals surface area contributed by atoms with Crippen molar-refractivity contribution in [3.8, 4) is 5.75 Å². The molecule has 1 amide bonds. The van der Waals surface area contributed by atoms with E-state index in [9.17, 15) is 9.59 Å². The van der Waals surface area contributed by atoms with E-state index in [4.69, 9.17) is 21.1 Å². The molecule has 1 saturated carbocycles. The number of halogens is 1. The van der Waals surface area contributed by atoms with Crippen LogP contribution < -0.4 is 4.74 Å². The van der Waals surface area contributed by atoms with Gasteiger partial charge in [0.25, 0.3) is 0 Å². The zero-order chi connectivity index (χ0) is 34.9. The minimum Gasteiger partial charge on any atom is -0.491 e. The van der Waals surface area contributed by atoms with Gasteiger partial charge in [-0.15, -0.1) is 11.8 Å². The summed E-state index contributed by atoms with van der Waals surface area (Å²) in [6, 6.07) is 24.8. The van der Waals surface area contributed by atoms with Crippen LogP contribution in [-0.2, 0) is 27.3 Å². The zero-order valence-corrected chi connectivity index (χ0v) is 31.2. The van der Waals surface area contributed by atoms with Gasteiger partial charge in [-0.05, 0) is 87.4 Å². The summed E-state index contributed by atoms with van der Waals surface area (Å²) in [5.74, 6) is 1.26. The van der Waals surface area contributed by atoms with Crippen molar-refractivity contribution in [2.75, 3.05) is 19.8 Å². The highest BCUT2D eigenvalue weighted by molar-refractivity contribution is 8.00. The van der Waals surface area contributed by atoms with Gasteiger partial charge in [-0.25, -0.2) is 0 Å². The first-order chi connectivity index (χ1) is 23.3. The number of esters is 1. The second-order valence-electron chi connectivity index (χ2n) is 15.2. The Labute approximate surface area is 300 Å². The van der Waals surface area contributed by atoms with Crippen LogP contribution in [-0.4, -0.2) is 51.9 Å². The van der Waals surface area contributed by atoms with E-state index in [1.54, 1.807) is 0 Å². The van der Waals surface area contributed by atoms with Crippen LogP contribution in [0.25, 0.3) is 10.9 Å². The topological polar surface area (TPSA) is 60.8 Å². The SMILES string of the molecule is CCOC(=O)C(C)(C)Cc1c(SC(C)(C)C)c2cc(OCC3CCCN3C(=O)[C@H]3CC3c3ccccc3)ccc2n1Cc1ccc(Cl)cc1. The van der Waals surface area contributed by atoms with E-state index in [0.717, 1.165) is 58.6 Å². The van der Waals surface area contributed by atoms with Gasteiger partial charge < -0.3 is 18.9 Å². The van der Waals surface area contributed by atoms with Crippen molar-refractivity contribution in [1.29, 1.82) is 0 Å². The lowest BCUT2D eigenvalue weighted by molar-refractivity contribution is -0.153. The minimum absolute atomic E-state index is 0.0686. The molecule has 2 unspecified atom stereocenters. The second kappa shape index (κ2) is 14.4. The molecule has 4 aromatic rings. The monoisotopic (exact) mass is 700 g/mol. The standard InChI is InChI=1S/C41H49ClN2O4S/c1-7-47-39(46)41(5,6)24-36-37(49-40(2,3)4)34-22-31(19-20-35(34)44(36)25-27-15-17-29(42)18-16-27)48-26-30-14-11-21-43(30)38(45)33-23-32(33)28-12-9-8-10-13-28/h8-10,12-13,15-20,22,30,32-33H,7,11,14,21,23-26H2,1-6H3/t30?,32?,33-/m0/s1.